The third kappa shape index (κ3) is 3.46. The van der Waals surface area contributed by atoms with E-state index in [2.05, 4.69) is 4.98 Å². The van der Waals surface area contributed by atoms with Gasteiger partial charge in [0.1, 0.15) is 0 Å². The van der Waals surface area contributed by atoms with Crippen LogP contribution in [0.2, 0.25) is 0 Å². The molecule has 1 aromatic carbocycles. The van der Waals surface area contributed by atoms with Gasteiger partial charge >= 0.3 is 0 Å². The minimum absolute atomic E-state index is 0.0770. The summed E-state index contributed by atoms with van der Waals surface area (Å²) in [5, 5.41) is -0.153. The molecule has 3 unspecified atom stereocenters. The lowest BCUT2D eigenvalue weighted by atomic mass is 10.0. The van der Waals surface area contributed by atoms with Gasteiger partial charge in [-0.1, -0.05) is 30.3 Å². The zero-order valence-corrected chi connectivity index (χ0v) is 12.7. The third-order valence-corrected chi connectivity index (χ3v) is 4.04. The van der Waals surface area contributed by atoms with Gasteiger partial charge in [0.2, 0.25) is 0 Å². The number of imidazole rings is 1. The first-order valence-corrected chi connectivity index (χ1v) is 7.57. The molecule has 1 saturated heterocycles. The van der Waals surface area contributed by atoms with E-state index in [9.17, 15) is 0 Å². The molecule has 5 heteroatoms. The summed E-state index contributed by atoms with van der Waals surface area (Å²) in [6.07, 6.45) is 6.10. The van der Waals surface area contributed by atoms with Crippen molar-refractivity contribution >= 4 is 11.6 Å². The minimum atomic E-state index is -0.692. The van der Waals surface area contributed by atoms with Crippen LogP contribution in [0.5, 0.6) is 0 Å². The van der Waals surface area contributed by atoms with E-state index >= 15 is 0 Å². The maximum atomic E-state index is 6.58. The second-order valence-corrected chi connectivity index (χ2v) is 5.99. The maximum absolute atomic E-state index is 6.58. The number of hydrogen-bond donors (Lipinski definition) is 0. The second kappa shape index (κ2) is 6.18. The van der Waals surface area contributed by atoms with Crippen LogP contribution in [0.3, 0.4) is 0 Å². The predicted octanol–water partition coefficient (Wildman–Crippen LogP) is 3.38. The number of aromatic nitrogens is 2. The summed E-state index contributed by atoms with van der Waals surface area (Å²) < 4.78 is 14.0. The Labute approximate surface area is 129 Å². The van der Waals surface area contributed by atoms with Crippen molar-refractivity contribution in [2.24, 2.45) is 0 Å². The Morgan fingerprint density at radius 3 is 2.86 bits per heavy atom. The standard InChI is InChI=1S/C16H19ClN2O2/c1-13-10-20-16(21-13,11-19-8-7-18-12-19)9-15(17)14-5-3-2-4-6-14/h2-8,12-13,15H,9-11H2,1H3. The molecule has 0 radical (unpaired) electrons. The third-order valence-electron chi connectivity index (χ3n) is 3.63. The fraction of sp³-hybridized carbons (Fsp3) is 0.438. The van der Waals surface area contributed by atoms with E-state index in [4.69, 9.17) is 21.1 Å². The second-order valence-electron chi connectivity index (χ2n) is 5.47. The number of benzene rings is 1. The summed E-state index contributed by atoms with van der Waals surface area (Å²) in [5.74, 6) is -0.692. The molecular weight excluding hydrogens is 288 g/mol. The summed E-state index contributed by atoms with van der Waals surface area (Å²) in [4.78, 5) is 4.07. The molecule has 0 N–H and O–H groups in total. The number of rotatable bonds is 5. The summed E-state index contributed by atoms with van der Waals surface area (Å²) in [6, 6.07) is 10.0. The quantitative estimate of drug-likeness (QED) is 0.795. The summed E-state index contributed by atoms with van der Waals surface area (Å²) >= 11 is 6.58. The van der Waals surface area contributed by atoms with Crippen molar-refractivity contribution in [3.63, 3.8) is 0 Å². The average molecular weight is 307 g/mol. The topological polar surface area (TPSA) is 36.3 Å². The van der Waals surface area contributed by atoms with Crippen LogP contribution >= 0.6 is 11.6 Å². The highest BCUT2D eigenvalue weighted by Gasteiger charge is 2.42. The molecule has 21 heavy (non-hydrogen) atoms. The molecule has 0 amide bonds. The average Bonchev–Trinajstić information content (AvgIpc) is 3.11. The molecule has 0 bridgehead atoms. The molecule has 1 aliphatic heterocycles. The Kier molecular flexibility index (Phi) is 4.29. The fourth-order valence-electron chi connectivity index (χ4n) is 2.67. The van der Waals surface area contributed by atoms with Crippen molar-refractivity contribution in [1.29, 1.82) is 0 Å². The van der Waals surface area contributed by atoms with Crippen LogP contribution in [-0.4, -0.2) is 28.0 Å². The van der Waals surface area contributed by atoms with Crippen LogP contribution in [0.15, 0.2) is 49.1 Å². The van der Waals surface area contributed by atoms with Crippen molar-refractivity contribution in [3.05, 3.63) is 54.6 Å². The number of ether oxygens (including phenoxy) is 2. The number of hydrogen-bond acceptors (Lipinski definition) is 3. The van der Waals surface area contributed by atoms with Gasteiger partial charge in [-0.25, -0.2) is 4.98 Å². The molecule has 4 nitrogen and oxygen atoms in total. The van der Waals surface area contributed by atoms with Gasteiger partial charge in [0.05, 0.1) is 31.0 Å². The lowest BCUT2D eigenvalue weighted by Crippen LogP contribution is -2.37. The maximum Gasteiger partial charge on any atom is 0.188 e. The number of alkyl halides is 1. The predicted molar refractivity (Wildman–Crippen MR) is 81.1 cm³/mol. The molecule has 0 spiro atoms. The normalized spacial score (nSPS) is 26.9. The van der Waals surface area contributed by atoms with Gasteiger partial charge in [0, 0.05) is 18.8 Å². The molecule has 2 heterocycles. The van der Waals surface area contributed by atoms with Crippen LogP contribution in [0, 0.1) is 0 Å². The highest BCUT2D eigenvalue weighted by molar-refractivity contribution is 6.20. The zero-order chi connectivity index (χ0) is 14.7. The van der Waals surface area contributed by atoms with Gasteiger partial charge in [0.25, 0.3) is 0 Å². The molecule has 112 valence electrons. The van der Waals surface area contributed by atoms with E-state index in [-0.39, 0.29) is 11.5 Å². The van der Waals surface area contributed by atoms with Gasteiger partial charge in [-0.15, -0.1) is 11.6 Å². The van der Waals surface area contributed by atoms with E-state index in [0.29, 0.717) is 19.6 Å². The van der Waals surface area contributed by atoms with E-state index in [0.717, 1.165) is 5.56 Å². The SMILES string of the molecule is CC1COC(CC(Cl)c2ccccc2)(Cn2ccnc2)O1. The lowest BCUT2D eigenvalue weighted by molar-refractivity contribution is -0.181. The lowest BCUT2D eigenvalue weighted by Gasteiger charge is -2.30. The molecule has 2 aromatic rings. The molecular formula is C16H19ClN2O2. The molecule has 3 atom stereocenters. The fourth-order valence-corrected chi connectivity index (χ4v) is 3.05. The highest BCUT2D eigenvalue weighted by Crippen LogP contribution is 2.37. The van der Waals surface area contributed by atoms with Crippen LogP contribution in [-0.2, 0) is 16.0 Å². The van der Waals surface area contributed by atoms with Gasteiger partial charge in [-0.2, -0.15) is 0 Å². The first-order chi connectivity index (χ1) is 10.2. The Morgan fingerprint density at radius 2 is 2.24 bits per heavy atom. The van der Waals surface area contributed by atoms with E-state index in [1.54, 1.807) is 12.5 Å². The molecule has 1 fully saturated rings. The molecule has 1 aliphatic rings. The highest BCUT2D eigenvalue weighted by atomic mass is 35.5. The van der Waals surface area contributed by atoms with Crippen LogP contribution < -0.4 is 0 Å². The van der Waals surface area contributed by atoms with Gasteiger partial charge in [0.15, 0.2) is 5.79 Å². The van der Waals surface area contributed by atoms with E-state index in [1.807, 2.05) is 48.0 Å². The molecule has 0 aliphatic carbocycles. The van der Waals surface area contributed by atoms with Gasteiger partial charge in [-0.3, -0.25) is 0 Å². The van der Waals surface area contributed by atoms with E-state index < -0.39 is 5.79 Å². The smallest absolute Gasteiger partial charge is 0.188 e. The van der Waals surface area contributed by atoms with Crippen molar-refractivity contribution in [1.82, 2.24) is 9.55 Å². The summed E-state index contributed by atoms with van der Waals surface area (Å²) in [6.45, 7) is 3.20. The van der Waals surface area contributed by atoms with Crippen LogP contribution in [0.1, 0.15) is 24.3 Å². The zero-order valence-electron chi connectivity index (χ0n) is 12.0. The van der Waals surface area contributed by atoms with Gasteiger partial charge < -0.3 is 14.0 Å². The Morgan fingerprint density at radius 1 is 1.43 bits per heavy atom. The molecule has 3 rings (SSSR count). The molecule has 0 saturated carbocycles. The number of nitrogens with zero attached hydrogens (tertiary/aromatic N) is 2. The van der Waals surface area contributed by atoms with Crippen LogP contribution in [0.4, 0.5) is 0 Å². The summed E-state index contributed by atoms with van der Waals surface area (Å²) in [5.41, 5.74) is 1.08. The Bertz CT molecular complexity index is 561. The first kappa shape index (κ1) is 14.6. The number of halogens is 1. The van der Waals surface area contributed by atoms with Crippen molar-refractivity contribution in [2.75, 3.05) is 6.61 Å². The molecule has 1 aromatic heterocycles. The van der Waals surface area contributed by atoms with E-state index in [1.165, 1.54) is 0 Å². The van der Waals surface area contributed by atoms with Crippen molar-refractivity contribution in [3.8, 4) is 0 Å². The monoisotopic (exact) mass is 306 g/mol. The van der Waals surface area contributed by atoms with Crippen molar-refractivity contribution in [2.45, 2.75) is 37.2 Å². The van der Waals surface area contributed by atoms with Crippen LogP contribution in [0.25, 0.3) is 0 Å². The van der Waals surface area contributed by atoms with Crippen molar-refractivity contribution < 1.29 is 9.47 Å². The Hall–Kier alpha value is -1.36. The Balaban J connectivity index is 1.77. The minimum Gasteiger partial charge on any atom is -0.345 e. The van der Waals surface area contributed by atoms with Gasteiger partial charge in [-0.05, 0) is 12.5 Å². The summed E-state index contributed by atoms with van der Waals surface area (Å²) in [7, 11) is 0. The first-order valence-electron chi connectivity index (χ1n) is 7.13. The largest absolute Gasteiger partial charge is 0.345 e.